The number of carbonyl (C=O) groups excluding carboxylic acids is 1. The van der Waals surface area contributed by atoms with E-state index in [2.05, 4.69) is 25.2 Å². The minimum absolute atomic E-state index is 0.291. The predicted octanol–water partition coefficient (Wildman–Crippen LogP) is -3.21. The highest BCUT2D eigenvalue weighted by Gasteiger charge is 2.21. The fraction of sp³-hybridized carbons (Fsp3) is 0.812. The second-order valence-electron chi connectivity index (χ2n) is 5.72. The quantitative estimate of drug-likeness (QED) is 0.112. The minimum atomic E-state index is -1.21. The zero-order valence-electron chi connectivity index (χ0n) is 16.5. The fourth-order valence-electron chi connectivity index (χ4n) is 0.482. The van der Waals surface area contributed by atoms with Gasteiger partial charge in [-0.1, -0.05) is 26.8 Å². The third-order valence-corrected chi connectivity index (χ3v) is 2.43. The molecule has 0 rings (SSSR count). The molecule has 166 valence electrons. The van der Waals surface area contributed by atoms with Gasteiger partial charge in [-0.05, 0) is 6.92 Å². The first-order valence-electron chi connectivity index (χ1n) is 8.13. The van der Waals surface area contributed by atoms with Crippen LogP contribution < -0.4 is 11.5 Å². The molecule has 0 saturated heterocycles. The van der Waals surface area contributed by atoms with E-state index in [1.165, 1.54) is 13.3 Å². The Hall–Kier alpha value is -1.15. The van der Waals surface area contributed by atoms with Crippen LogP contribution in [-0.2, 0) is 9.53 Å². The summed E-state index contributed by atoms with van der Waals surface area (Å²) in [4.78, 5) is 10.3. The predicted molar refractivity (Wildman–Crippen MR) is 100 cm³/mol. The second-order valence-corrected chi connectivity index (χ2v) is 5.72. The summed E-state index contributed by atoms with van der Waals surface area (Å²) in [6.07, 6.45) is 1.25. The molecule has 0 aliphatic carbocycles. The monoisotopic (exact) mass is 402 g/mol. The van der Waals surface area contributed by atoms with Crippen LogP contribution in [0.25, 0.3) is 0 Å². The van der Waals surface area contributed by atoms with Crippen LogP contribution in [0.15, 0.2) is 12.2 Å². The Kier molecular flexibility index (Phi) is 26.2. The van der Waals surface area contributed by atoms with E-state index in [1.54, 1.807) is 0 Å². The number of aliphatic hydroxyl groups excluding tert-OH is 7. The average molecular weight is 402 g/mol. The summed E-state index contributed by atoms with van der Waals surface area (Å²) in [5.41, 5.74) is 8.17. The molecule has 0 amide bonds. The van der Waals surface area contributed by atoms with Gasteiger partial charge in [0.1, 0.15) is 0 Å². The van der Waals surface area contributed by atoms with Crippen molar-refractivity contribution < 1.29 is 45.3 Å². The molecule has 0 aromatic heterocycles. The molecule has 0 heterocycles. The Morgan fingerprint density at radius 1 is 0.815 bits per heavy atom. The summed E-state index contributed by atoms with van der Waals surface area (Å²) in [6, 6.07) is 0. The van der Waals surface area contributed by atoms with Crippen molar-refractivity contribution in [2.75, 3.05) is 46.4 Å². The van der Waals surface area contributed by atoms with Crippen molar-refractivity contribution in [2.45, 2.75) is 38.3 Å². The van der Waals surface area contributed by atoms with Crippen LogP contribution in [0.1, 0.15) is 27.2 Å². The lowest BCUT2D eigenvalue weighted by molar-refractivity contribution is -0.146. The normalized spacial score (nSPS) is 10.2. The van der Waals surface area contributed by atoms with E-state index in [-0.39, 0.29) is 0 Å². The topological polar surface area (TPSA) is 220 Å². The minimum Gasteiger partial charge on any atom is -0.435 e. The Labute approximate surface area is 160 Å². The summed E-state index contributed by atoms with van der Waals surface area (Å²) in [7, 11) is 0. The highest BCUT2D eigenvalue weighted by Crippen LogP contribution is 1.94. The van der Waals surface area contributed by atoms with Crippen LogP contribution in [0.4, 0.5) is 0 Å². The fourth-order valence-corrected chi connectivity index (χ4v) is 0.482. The molecule has 0 aromatic rings. The lowest BCUT2D eigenvalue weighted by Crippen LogP contribution is -2.50. The molecular formula is C16H38N2O9. The van der Waals surface area contributed by atoms with Gasteiger partial charge in [0.05, 0.1) is 50.7 Å². The second kappa shape index (κ2) is 21.2. The van der Waals surface area contributed by atoms with Crippen molar-refractivity contribution in [3.8, 4) is 0 Å². The molecule has 0 unspecified atom stereocenters. The standard InChI is InChI=1S/C5H8O3.2C4H11NO3.C3H8/c1-4(2)5(7)8-3-6;2*5-4(1-6,2-7)3-8;1-3-2/h6H,1,3H2,2H3;2*6-8H,1-3,5H2;3H2,1-2H3. The molecule has 11 heteroatoms. The van der Waals surface area contributed by atoms with Gasteiger partial charge in [-0.3, -0.25) is 0 Å². The Balaban J connectivity index is -0.000000137. The molecule has 0 atom stereocenters. The van der Waals surface area contributed by atoms with E-state index >= 15 is 0 Å². The highest BCUT2D eigenvalue weighted by atomic mass is 16.6. The number of esters is 1. The molecule has 0 spiro atoms. The van der Waals surface area contributed by atoms with Gasteiger partial charge >= 0.3 is 5.97 Å². The van der Waals surface area contributed by atoms with Crippen molar-refractivity contribution >= 4 is 5.97 Å². The third kappa shape index (κ3) is 22.8. The maximum Gasteiger partial charge on any atom is 0.335 e. The first-order valence-corrected chi connectivity index (χ1v) is 8.13. The van der Waals surface area contributed by atoms with Gasteiger partial charge in [-0.25, -0.2) is 4.79 Å². The Morgan fingerprint density at radius 2 is 1.04 bits per heavy atom. The van der Waals surface area contributed by atoms with Crippen LogP contribution in [0.3, 0.4) is 0 Å². The molecule has 0 aliphatic heterocycles. The Morgan fingerprint density at radius 3 is 1.07 bits per heavy atom. The average Bonchev–Trinajstić information content (AvgIpc) is 2.68. The molecule has 0 saturated carbocycles. The van der Waals surface area contributed by atoms with Gasteiger partial charge in [-0.2, -0.15) is 0 Å². The van der Waals surface area contributed by atoms with Crippen LogP contribution in [0, 0.1) is 0 Å². The maximum absolute atomic E-state index is 10.3. The molecule has 0 aliphatic rings. The molecule has 0 fully saturated rings. The van der Waals surface area contributed by atoms with Gasteiger partial charge in [0, 0.05) is 5.57 Å². The van der Waals surface area contributed by atoms with Crippen molar-refractivity contribution in [1.29, 1.82) is 0 Å². The first kappa shape index (κ1) is 33.4. The third-order valence-electron chi connectivity index (χ3n) is 2.43. The van der Waals surface area contributed by atoms with E-state index in [0.29, 0.717) is 5.57 Å². The number of ether oxygens (including phenoxy) is 1. The van der Waals surface area contributed by atoms with Gasteiger partial charge in [-0.15, -0.1) is 0 Å². The van der Waals surface area contributed by atoms with Crippen molar-refractivity contribution in [1.82, 2.24) is 0 Å². The lowest BCUT2D eigenvalue weighted by Gasteiger charge is -2.20. The zero-order chi connectivity index (χ0) is 22.5. The van der Waals surface area contributed by atoms with Crippen molar-refractivity contribution in [3.05, 3.63) is 12.2 Å². The number of aliphatic hydroxyl groups is 7. The summed E-state index contributed by atoms with van der Waals surface area (Å²) >= 11 is 0. The molecule has 0 bridgehead atoms. The number of nitrogens with two attached hydrogens (primary N) is 2. The molecule has 11 nitrogen and oxygen atoms in total. The Bertz CT molecular complexity index is 312. The van der Waals surface area contributed by atoms with Crippen molar-refractivity contribution in [2.24, 2.45) is 11.5 Å². The number of carbonyl (C=O) groups is 1. The highest BCUT2D eigenvalue weighted by molar-refractivity contribution is 5.86. The van der Waals surface area contributed by atoms with Crippen LogP contribution in [0.2, 0.25) is 0 Å². The summed E-state index contributed by atoms with van der Waals surface area (Å²) in [6.45, 7) is 6.06. The molecule has 0 radical (unpaired) electrons. The molecule has 27 heavy (non-hydrogen) atoms. The van der Waals surface area contributed by atoms with Crippen LogP contribution in [-0.4, -0.2) is 99.2 Å². The van der Waals surface area contributed by atoms with Gasteiger partial charge in [0.15, 0.2) is 6.79 Å². The zero-order valence-corrected chi connectivity index (χ0v) is 16.5. The van der Waals surface area contributed by atoms with E-state index < -0.39 is 63.5 Å². The van der Waals surface area contributed by atoms with E-state index in [4.69, 9.17) is 47.2 Å². The smallest absolute Gasteiger partial charge is 0.335 e. The van der Waals surface area contributed by atoms with E-state index in [1.807, 2.05) is 0 Å². The van der Waals surface area contributed by atoms with Gasteiger partial charge < -0.3 is 51.9 Å². The molecular weight excluding hydrogens is 364 g/mol. The van der Waals surface area contributed by atoms with Gasteiger partial charge in [0.2, 0.25) is 0 Å². The molecule has 11 N–H and O–H groups in total. The lowest BCUT2D eigenvalue weighted by atomic mass is 10.1. The van der Waals surface area contributed by atoms with Crippen LogP contribution in [0.5, 0.6) is 0 Å². The largest absolute Gasteiger partial charge is 0.435 e. The first-order chi connectivity index (χ1) is 12.5. The van der Waals surface area contributed by atoms with Gasteiger partial charge in [0.25, 0.3) is 0 Å². The number of hydrogen-bond acceptors (Lipinski definition) is 11. The van der Waals surface area contributed by atoms with E-state index in [0.717, 1.165) is 0 Å². The van der Waals surface area contributed by atoms with Crippen LogP contribution >= 0.6 is 0 Å². The van der Waals surface area contributed by atoms with E-state index in [9.17, 15) is 4.79 Å². The number of hydrogen-bond donors (Lipinski definition) is 9. The summed E-state index contributed by atoms with van der Waals surface area (Å²) in [5.74, 6) is -0.562. The molecule has 0 aromatic carbocycles. The SMILES string of the molecule is C=C(C)C(=O)OCO.CCC.NC(CO)(CO)CO.NC(CO)(CO)CO. The maximum atomic E-state index is 10.3. The number of rotatable bonds is 8. The summed E-state index contributed by atoms with van der Waals surface area (Å²) < 4.78 is 4.12. The summed E-state index contributed by atoms with van der Waals surface area (Å²) in [5, 5.41) is 58.0. The van der Waals surface area contributed by atoms with Crippen molar-refractivity contribution in [3.63, 3.8) is 0 Å².